The van der Waals surface area contributed by atoms with Gasteiger partial charge in [0.15, 0.2) is 0 Å². The van der Waals surface area contributed by atoms with E-state index in [1.54, 1.807) is 6.07 Å². The number of nitrogens with two attached hydrogens (primary N) is 2. The molecule has 0 amide bonds. The molecule has 1 aromatic carbocycles. The molecular weight excluding hydrogens is 256 g/mol. The number of H-pyrrole nitrogens is 1. The summed E-state index contributed by atoms with van der Waals surface area (Å²) < 4.78 is 22.2. The fourth-order valence-corrected chi connectivity index (χ4v) is 1.92. The van der Waals surface area contributed by atoms with Crippen molar-refractivity contribution in [3.8, 4) is 0 Å². The molecule has 6 N–H and O–H groups in total. The van der Waals surface area contributed by atoms with E-state index in [2.05, 4.69) is 20.5 Å². The normalized spacial score (nSPS) is 11.4. The van der Waals surface area contributed by atoms with Gasteiger partial charge in [-0.3, -0.25) is 5.10 Å². The van der Waals surface area contributed by atoms with Crippen LogP contribution in [0.3, 0.4) is 0 Å². The number of primary sulfonamides is 1. The fourth-order valence-electron chi connectivity index (χ4n) is 1.37. The minimum atomic E-state index is -3.74. The van der Waals surface area contributed by atoms with Crippen molar-refractivity contribution in [1.82, 2.24) is 15.2 Å². The van der Waals surface area contributed by atoms with Gasteiger partial charge in [-0.05, 0) is 18.2 Å². The van der Waals surface area contributed by atoms with E-state index >= 15 is 0 Å². The second kappa shape index (κ2) is 4.63. The number of benzene rings is 1. The third-order valence-corrected chi connectivity index (χ3v) is 3.17. The third kappa shape index (κ3) is 2.76. The van der Waals surface area contributed by atoms with Crippen LogP contribution in [0.1, 0.15) is 5.82 Å². The van der Waals surface area contributed by atoms with Gasteiger partial charge in [0.1, 0.15) is 12.2 Å². The molecule has 0 aliphatic heterocycles. The molecule has 0 spiro atoms. The Morgan fingerprint density at radius 2 is 2.17 bits per heavy atom. The van der Waals surface area contributed by atoms with Crippen LogP contribution in [-0.4, -0.2) is 23.6 Å². The zero-order valence-corrected chi connectivity index (χ0v) is 10.1. The lowest BCUT2D eigenvalue weighted by Crippen LogP contribution is -2.13. The number of aromatic nitrogens is 3. The molecule has 0 aliphatic rings. The summed E-state index contributed by atoms with van der Waals surface area (Å²) in [6.45, 7) is 0.402. The molecule has 0 unspecified atom stereocenters. The maximum atomic E-state index is 11.1. The second-order valence-corrected chi connectivity index (χ2v) is 5.14. The van der Waals surface area contributed by atoms with Crippen molar-refractivity contribution >= 4 is 21.4 Å². The minimum Gasteiger partial charge on any atom is -0.397 e. The Balaban J connectivity index is 2.15. The summed E-state index contributed by atoms with van der Waals surface area (Å²) in [5.74, 6) is 0.643. The van der Waals surface area contributed by atoms with Crippen molar-refractivity contribution in [2.75, 3.05) is 11.1 Å². The molecule has 1 aromatic heterocycles. The first kappa shape index (κ1) is 12.3. The Labute approximate surface area is 103 Å². The molecule has 2 aromatic rings. The molecule has 8 nitrogen and oxygen atoms in total. The van der Waals surface area contributed by atoms with Gasteiger partial charge >= 0.3 is 0 Å². The third-order valence-electron chi connectivity index (χ3n) is 2.26. The van der Waals surface area contributed by atoms with Crippen LogP contribution in [0, 0.1) is 0 Å². The quantitative estimate of drug-likeness (QED) is 0.558. The molecule has 0 atom stereocenters. The molecule has 0 bridgehead atoms. The van der Waals surface area contributed by atoms with Crippen LogP contribution in [0.2, 0.25) is 0 Å². The number of aromatic amines is 1. The molecule has 2 rings (SSSR count). The lowest BCUT2D eigenvalue weighted by Gasteiger charge is -2.09. The largest absolute Gasteiger partial charge is 0.397 e. The SMILES string of the molecule is Nc1cc(S(N)(=O)=O)ccc1NCc1ncn[nH]1. The van der Waals surface area contributed by atoms with Crippen molar-refractivity contribution in [2.24, 2.45) is 5.14 Å². The zero-order chi connectivity index (χ0) is 13.2. The zero-order valence-electron chi connectivity index (χ0n) is 9.29. The molecule has 0 saturated heterocycles. The van der Waals surface area contributed by atoms with Gasteiger partial charge in [0.05, 0.1) is 22.8 Å². The lowest BCUT2D eigenvalue weighted by atomic mass is 10.2. The van der Waals surface area contributed by atoms with Gasteiger partial charge in [-0.1, -0.05) is 0 Å². The maximum absolute atomic E-state index is 11.1. The van der Waals surface area contributed by atoms with E-state index < -0.39 is 10.0 Å². The molecule has 18 heavy (non-hydrogen) atoms. The van der Waals surface area contributed by atoms with Crippen LogP contribution in [-0.2, 0) is 16.6 Å². The van der Waals surface area contributed by atoms with Gasteiger partial charge in [0, 0.05) is 0 Å². The molecular formula is C9H12N6O2S. The molecule has 0 fully saturated rings. The topological polar surface area (TPSA) is 140 Å². The van der Waals surface area contributed by atoms with Gasteiger partial charge in [-0.25, -0.2) is 18.5 Å². The Morgan fingerprint density at radius 1 is 1.39 bits per heavy atom. The highest BCUT2D eigenvalue weighted by Crippen LogP contribution is 2.22. The summed E-state index contributed by atoms with van der Waals surface area (Å²) in [5.41, 5.74) is 6.62. The summed E-state index contributed by atoms with van der Waals surface area (Å²) in [6.07, 6.45) is 1.39. The Hall–Kier alpha value is -2.13. The van der Waals surface area contributed by atoms with Crippen molar-refractivity contribution in [1.29, 1.82) is 0 Å². The monoisotopic (exact) mass is 268 g/mol. The smallest absolute Gasteiger partial charge is 0.238 e. The summed E-state index contributed by atoms with van der Waals surface area (Å²) in [5, 5.41) is 14.4. The van der Waals surface area contributed by atoms with Crippen molar-refractivity contribution in [3.05, 3.63) is 30.4 Å². The van der Waals surface area contributed by atoms with E-state index in [1.165, 1.54) is 18.5 Å². The Morgan fingerprint density at radius 3 is 2.72 bits per heavy atom. The van der Waals surface area contributed by atoms with E-state index in [0.29, 0.717) is 23.7 Å². The fraction of sp³-hybridized carbons (Fsp3) is 0.111. The number of nitrogens with zero attached hydrogens (tertiary/aromatic N) is 2. The number of hydrogen-bond acceptors (Lipinski definition) is 6. The number of rotatable bonds is 4. The first-order chi connectivity index (χ1) is 8.47. The van der Waals surface area contributed by atoms with E-state index in [1.807, 2.05) is 0 Å². The highest BCUT2D eigenvalue weighted by Gasteiger charge is 2.10. The highest BCUT2D eigenvalue weighted by molar-refractivity contribution is 7.89. The summed E-state index contributed by atoms with van der Waals surface area (Å²) >= 11 is 0. The maximum Gasteiger partial charge on any atom is 0.238 e. The predicted molar refractivity (Wildman–Crippen MR) is 65.9 cm³/mol. The summed E-state index contributed by atoms with van der Waals surface area (Å²) in [6, 6.07) is 4.23. The standard InChI is InChI=1S/C9H12N6O2S/c10-7-3-6(18(11,16)17)1-2-8(7)12-4-9-13-5-14-15-9/h1-3,5,12H,4,10H2,(H2,11,16,17)(H,13,14,15). The van der Waals surface area contributed by atoms with Gasteiger partial charge < -0.3 is 11.1 Å². The first-order valence-electron chi connectivity index (χ1n) is 4.97. The van der Waals surface area contributed by atoms with Gasteiger partial charge in [-0.2, -0.15) is 5.10 Å². The first-order valence-corrected chi connectivity index (χ1v) is 6.52. The number of sulfonamides is 1. The van der Waals surface area contributed by atoms with Crippen LogP contribution in [0.15, 0.2) is 29.4 Å². The van der Waals surface area contributed by atoms with Crippen molar-refractivity contribution in [2.45, 2.75) is 11.4 Å². The Bertz CT molecular complexity index is 637. The second-order valence-electron chi connectivity index (χ2n) is 3.58. The minimum absolute atomic E-state index is 0.0229. The van der Waals surface area contributed by atoms with Crippen LogP contribution in [0.25, 0.3) is 0 Å². The van der Waals surface area contributed by atoms with Gasteiger partial charge in [-0.15, -0.1) is 0 Å². The average molecular weight is 268 g/mol. The Kier molecular flexibility index (Phi) is 3.17. The highest BCUT2D eigenvalue weighted by atomic mass is 32.2. The lowest BCUT2D eigenvalue weighted by molar-refractivity contribution is 0.598. The molecule has 0 saturated carbocycles. The van der Waals surface area contributed by atoms with Crippen LogP contribution >= 0.6 is 0 Å². The average Bonchev–Trinajstić information content (AvgIpc) is 2.79. The number of hydrogen-bond donors (Lipinski definition) is 4. The van der Waals surface area contributed by atoms with Gasteiger partial charge in [0.25, 0.3) is 0 Å². The van der Waals surface area contributed by atoms with E-state index in [0.717, 1.165) is 0 Å². The van der Waals surface area contributed by atoms with Crippen molar-refractivity contribution < 1.29 is 8.42 Å². The molecule has 0 aliphatic carbocycles. The summed E-state index contributed by atoms with van der Waals surface area (Å²) in [7, 11) is -3.74. The predicted octanol–water partition coefficient (Wildman–Crippen LogP) is -0.354. The molecule has 96 valence electrons. The molecule has 0 radical (unpaired) electrons. The van der Waals surface area contributed by atoms with Gasteiger partial charge in [0.2, 0.25) is 10.0 Å². The number of nitrogens with one attached hydrogen (secondary N) is 2. The van der Waals surface area contributed by atoms with Crippen LogP contribution in [0.4, 0.5) is 11.4 Å². The van der Waals surface area contributed by atoms with E-state index in [9.17, 15) is 8.42 Å². The molecule has 9 heteroatoms. The number of anilines is 2. The van der Waals surface area contributed by atoms with Crippen LogP contribution in [0.5, 0.6) is 0 Å². The molecule has 1 heterocycles. The van der Waals surface area contributed by atoms with E-state index in [4.69, 9.17) is 10.9 Å². The van der Waals surface area contributed by atoms with Crippen LogP contribution < -0.4 is 16.2 Å². The summed E-state index contributed by atoms with van der Waals surface area (Å²) in [4.78, 5) is 3.91. The van der Waals surface area contributed by atoms with Crippen molar-refractivity contribution in [3.63, 3.8) is 0 Å². The van der Waals surface area contributed by atoms with E-state index in [-0.39, 0.29) is 4.90 Å². The number of nitrogen functional groups attached to an aromatic ring is 1.